The van der Waals surface area contributed by atoms with Crippen LogP contribution in [0.15, 0.2) is 54.6 Å². The number of ether oxygens (including phenoxy) is 1. The van der Waals surface area contributed by atoms with Crippen LogP contribution in [0.3, 0.4) is 0 Å². The van der Waals surface area contributed by atoms with Crippen molar-refractivity contribution in [3.63, 3.8) is 0 Å². The van der Waals surface area contributed by atoms with Gasteiger partial charge in [0.25, 0.3) is 0 Å². The summed E-state index contributed by atoms with van der Waals surface area (Å²) < 4.78 is 18.7. The lowest BCUT2D eigenvalue weighted by atomic mass is 9.73. The van der Waals surface area contributed by atoms with Crippen LogP contribution in [0.25, 0.3) is 0 Å². The van der Waals surface area contributed by atoms with Gasteiger partial charge in [0.1, 0.15) is 5.82 Å². The lowest BCUT2D eigenvalue weighted by Gasteiger charge is -2.43. The first-order chi connectivity index (χ1) is 13.2. The van der Waals surface area contributed by atoms with E-state index in [-0.39, 0.29) is 11.7 Å². The highest BCUT2D eigenvalue weighted by molar-refractivity contribution is 5.88. The highest BCUT2D eigenvalue weighted by Crippen LogP contribution is 2.37. The monoisotopic (exact) mass is 368 g/mol. The van der Waals surface area contributed by atoms with Crippen LogP contribution in [0.4, 0.5) is 10.1 Å². The van der Waals surface area contributed by atoms with Gasteiger partial charge in [0, 0.05) is 45.1 Å². The summed E-state index contributed by atoms with van der Waals surface area (Å²) in [6.07, 6.45) is 1.46. The topological polar surface area (TPSA) is 32.8 Å². The molecule has 2 aliphatic heterocycles. The molecule has 0 aromatic heterocycles. The minimum atomic E-state index is -0.475. The molecule has 5 heteroatoms. The normalized spacial score (nSPS) is 19.7. The molecule has 27 heavy (non-hydrogen) atoms. The van der Waals surface area contributed by atoms with E-state index in [9.17, 15) is 9.18 Å². The number of benzene rings is 2. The van der Waals surface area contributed by atoms with Crippen LogP contribution in [0.2, 0.25) is 0 Å². The number of halogens is 1. The summed E-state index contributed by atoms with van der Waals surface area (Å²) in [5.41, 5.74) is 1.63. The lowest BCUT2D eigenvalue weighted by Crippen LogP contribution is -2.56. The molecule has 4 nitrogen and oxygen atoms in total. The number of anilines is 1. The Bertz CT molecular complexity index is 765. The Labute approximate surface area is 159 Å². The van der Waals surface area contributed by atoms with Crippen molar-refractivity contribution in [2.75, 3.05) is 44.3 Å². The van der Waals surface area contributed by atoms with E-state index in [1.165, 1.54) is 12.1 Å². The van der Waals surface area contributed by atoms with E-state index < -0.39 is 5.41 Å². The van der Waals surface area contributed by atoms with Crippen LogP contribution in [-0.4, -0.2) is 50.2 Å². The molecule has 2 heterocycles. The van der Waals surface area contributed by atoms with Crippen molar-refractivity contribution in [1.29, 1.82) is 0 Å². The average molecular weight is 368 g/mol. The second-order valence-corrected chi connectivity index (χ2v) is 7.32. The Kier molecular flexibility index (Phi) is 5.12. The van der Waals surface area contributed by atoms with E-state index in [4.69, 9.17) is 4.74 Å². The molecule has 2 aromatic rings. The van der Waals surface area contributed by atoms with E-state index in [0.29, 0.717) is 26.3 Å². The maximum Gasteiger partial charge on any atom is 0.233 e. The summed E-state index contributed by atoms with van der Waals surface area (Å²) in [5.74, 6) is -0.00681. The van der Waals surface area contributed by atoms with E-state index in [0.717, 1.165) is 37.2 Å². The van der Waals surface area contributed by atoms with Crippen LogP contribution in [0.1, 0.15) is 18.4 Å². The molecule has 0 unspecified atom stereocenters. The first-order valence-corrected chi connectivity index (χ1v) is 9.62. The second kappa shape index (κ2) is 7.69. The molecule has 0 N–H and O–H groups in total. The average Bonchev–Trinajstić information content (AvgIpc) is 2.75. The number of nitrogens with zero attached hydrogens (tertiary/aromatic N) is 2. The molecule has 0 spiro atoms. The van der Waals surface area contributed by atoms with Gasteiger partial charge in [0.2, 0.25) is 5.91 Å². The number of amides is 1. The molecule has 2 fully saturated rings. The summed E-state index contributed by atoms with van der Waals surface area (Å²) in [6, 6.07) is 16.7. The molecular weight excluding hydrogens is 343 g/mol. The third-order valence-electron chi connectivity index (χ3n) is 5.84. The maximum absolute atomic E-state index is 13.6. The zero-order chi connectivity index (χ0) is 18.7. The molecule has 0 atom stereocenters. The molecular formula is C22H25FN2O2. The summed E-state index contributed by atoms with van der Waals surface area (Å²) in [6.45, 7) is 4.14. The van der Waals surface area contributed by atoms with Gasteiger partial charge in [-0.3, -0.25) is 4.79 Å². The largest absolute Gasteiger partial charge is 0.381 e. The lowest BCUT2D eigenvalue weighted by molar-refractivity contribution is -0.141. The predicted molar refractivity (Wildman–Crippen MR) is 103 cm³/mol. The quantitative estimate of drug-likeness (QED) is 0.834. The van der Waals surface area contributed by atoms with E-state index in [1.54, 1.807) is 12.1 Å². The number of hydrogen-bond donors (Lipinski definition) is 0. The molecule has 0 aliphatic carbocycles. The molecule has 2 aromatic carbocycles. The summed E-state index contributed by atoms with van der Waals surface area (Å²) in [4.78, 5) is 17.8. The van der Waals surface area contributed by atoms with Crippen molar-refractivity contribution in [2.45, 2.75) is 18.3 Å². The third-order valence-corrected chi connectivity index (χ3v) is 5.84. The van der Waals surface area contributed by atoms with Gasteiger partial charge in [-0.2, -0.15) is 0 Å². The van der Waals surface area contributed by atoms with Crippen LogP contribution >= 0.6 is 0 Å². The van der Waals surface area contributed by atoms with E-state index in [2.05, 4.69) is 17.0 Å². The summed E-state index contributed by atoms with van der Waals surface area (Å²) in [7, 11) is 0. The molecule has 1 amide bonds. The van der Waals surface area contributed by atoms with Gasteiger partial charge in [0.05, 0.1) is 5.41 Å². The number of hydrogen-bond acceptors (Lipinski definition) is 3. The Morgan fingerprint density at radius 2 is 1.52 bits per heavy atom. The molecule has 0 bridgehead atoms. The van der Waals surface area contributed by atoms with Gasteiger partial charge in [0.15, 0.2) is 0 Å². The molecule has 2 saturated heterocycles. The van der Waals surface area contributed by atoms with Crippen molar-refractivity contribution in [1.82, 2.24) is 4.90 Å². The molecule has 0 saturated carbocycles. The molecule has 4 rings (SSSR count). The predicted octanol–water partition coefficient (Wildman–Crippen LogP) is 3.22. The fourth-order valence-electron chi connectivity index (χ4n) is 4.23. The highest BCUT2D eigenvalue weighted by Gasteiger charge is 2.44. The van der Waals surface area contributed by atoms with Crippen LogP contribution < -0.4 is 4.90 Å². The Balaban J connectivity index is 1.49. The van der Waals surface area contributed by atoms with Crippen molar-refractivity contribution in [2.24, 2.45) is 0 Å². The Morgan fingerprint density at radius 3 is 2.15 bits per heavy atom. The number of carbonyl (C=O) groups excluding carboxylic acids is 1. The van der Waals surface area contributed by atoms with E-state index >= 15 is 0 Å². The summed E-state index contributed by atoms with van der Waals surface area (Å²) >= 11 is 0. The number of carbonyl (C=O) groups is 1. The first kappa shape index (κ1) is 18.0. The number of piperazine rings is 1. The van der Waals surface area contributed by atoms with Gasteiger partial charge in [-0.1, -0.05) is 30.3 Å². The smallest absolute Gasteiger partial charge is 0.233 e. The minimum Gasteiger partial charge on any atom is -0.381 e. The van der Waals surface area contributed by atoms with Crippen molar-refractivity contribution in [3.8, 4) is 0 Å². The Morgan fingerprint density at radius 1 is 0.889 bits per heavy atom. The van der Waals surface area contributed by atoms with Crippen molar-refractivity contribution in [3.05, 3.63) is 66.0 Å². The zero-order valence-electron chi connectivity index (χ0n) is 15.4. The number of rotatable bonds is 3. The highest BCUT2D eigenvalue weighted by atomic mass is 19.1. The third kappa shape index (κ3) is 3.56. The minimum absolute atomic E-state index is 0.218. The van der Waals surface area contributed by atoms with E-state index in [1.807, 2.05) is 23.1 Å². The molecule has 0 radical (unpaired) electrons. The molecule has 2 aliphatic rings. The van der Waals surface area contributed by atoms with Crippen LogP contribution in [0, 0.1) is 5.82 Å². The fraction of sp³-hybridized carbons (Fsp3) is 0.409. The van der Waals surface area contributed by atoms with Gasteiger partial charge >= 0.3 is 0 Å². The van der Waals surface area contributed by atoms with Crippen molar-refractivity contribution < 1.29 is 13.9 Å². The van der Waals surface area contributed by atoms with Gasteiger partial charge in [-0.05, 0) is 42.7 Å². The zero-order valence-corrected chi connectivity index (χ0v) is 15.4. The van der Waals surface area contributed by atoms with Gasteiger partial charge in [-0.25, -0.2) is 4.39 Å². The standard InChI is InChI=1S/C22H25FN2O2/c23-19-6-8-20(9-7-19)24-12-14-25(15-13-24)21(26)22(10-16-27-17-11-22)18-4-2-1-3-5-18/h1-9H,10-17H2. The van der Waals surface area contributed by atoms with Crippen LogP contribution in [0.5, 0.6) is 0 Å². The van der Waals surface area contributed by atoms with Crippen LogP contribution in [-0.2, 0) is 14.9 Å². The van der Waals surface area contributed by atoms with Crippen molar-refractivity contribution >= 4 is 11.6 Å². The molecule has 142 valence electrons. The first-order valence-electron chi connectivity index (χ1n) is 9.62. The summed E-state index contributed by atoms with van der Waals surface area (Å²) in [5, 5.41) is 0. The fourth-order valence-corrected chi connectivity index (χ4v) is 4.23. The van der Waals surface area contributed by atoms with Gasteiger partial charge < -0.3 is 14.5 Å². The SMILES string of the molecule is O=C(N1CCN(c2ccc(F)cc2)CC1)C1(c2ccccc2)CCOCC1. The van der Waals surface area contributed by atoms with Gasteiger partial charge in [-0.15, -0.1) is 0 Å². The maximum atomic E-state index is 13.6. The Hall–Kier alpha value is -2.40. The second-order valence-electron chi connectivity index (χ2n) is 7.32.